The SMILES string of the molecule is O=C(COn1nnc2ccccc21)N1N=C(c2ccc(Cl)cc2)CC1c1ccco1. The molecule has 30 heavy (non-hydrogen) atoms. The highest BCUT2D eigenvalue weighted by atomic mass is 35.5. The van der Waals surface area contributed by atoms with Crippen molar-refractivity contribution in [3.05, 3.63) is 83.3 Å². The van der Waals surface area contributed by atoms with Crippen LogP contribution in [-0.4, -0.2) is 38.4 Å². The molecule has 3 heterocycles. The molecular formula is C21H16ClN5O3. The second kappa shape index (κ2) is 7.64. The largest absolute Gasteiger partial charge is 0.467 e. The van der Waals surface area contributed by atoms with E-state index in [1.165, 1.54) is 9.85 Å². The number of carbonyl (C=O) groups is 1. The summed E-state index contributed by atoms with van der Waals surface area (Å²) in [6.07, 6.45) is 2.10. The minimum atomic E-state index is -0.353. The number of fused-ring (bicyclic) bond motifs is 1. The maximum Gasteiger partial charge on any atom is 0.284 e. The fourth-order valence-corrected chi connectivity index (χ4v) is 3.51. The third kappa shape index (κ3) is 3.42. The van der Waals surface area contributed by atoms with Crippen molar-refractivity contribution in [2.45, 2.75) is 12.5 Å². The minimum Gasteiger partial charge on any atom is -0.467 e. The van der Waals surface area contributed by atoms with Gasteiger partial charge in [0.15, 0.2) is 6.61 Å². The first-order valence-electron chi connectivity index (χ1n) is 9.31. The van der Waals surface area contributed by atoms with Crippen LogP contribution in [0, 0.1) is 0 Å². The average Bonchev–Trinajstić information content (AvgIpc) is 3.51. The smallest absolute Gasteiger partial charge is 0.284 e. The van der Waals surface area contributed by atoms with Crippen LogP contribution in [0.25, 0.3) is 11.0 Å². The lowest BCUT2D eigenvalue weighted by atomic mass is 10.0. The number of carbonyl (C=O) groups excluding carboxylic acids is 1. The minimum absolute atomic E-state index is 0.248. The fourth-order valence-electron chi connectivity index (χ4n) is 3.38. The summed E-state index contributed by atoms with van der Waals surface area (Å²) in [4.78, 5) is 19.8. The Morgan fingerprint density at radius 3 is 2.77 bits per heavy atom. The Hall–Kier alpha value is -3.65. The van der Waals surface area contributed by atoms with E-state index in [9.17, 15) is 4.79 Å². The molecule has 150 valence electrons. The predicted octanol–water partition coefficient (Wildman–Crippen LogP) is 3.48. The van der Waals surface area contributed by atoms with Crippen LogP contribution in [0.3, 0.4) is 0 Å². The van der Waals surface area contributed by atoms with Gasteiger partial charge in [-0.15, -0.1) is 5.10 Å². The van der Waals surface area contributed by atoms with Crippen LogP contribution in [0.5, 0.6) is 0 Å². The van der Waals surface area contributed by atoms with Gasteiger partial charge in [-0.3, -0.25) is 4.79 Å². The molecule has 2 aromatic carbocycles. The van der Waals surface area contributed by atoms with Crippen LogP contribution in [0.2, 0.25) is 5.02 Å². The molecule has 4 aromatic rings. The first kappa shape index (κ1) is 18.4. The topological polar surface area (TPSA) is 85.8 Å². The number of hydrogen-bond donors (Lipinski definition) is 0. The lowest BCUT2D eigenvalue weighted by molar-refractivity contribution is -0.139. The molecular weight excluding hydrogens is 406 g/mol. The lowest BCUT2D eigenvalue weighted by Crippen LogP contribution is -2.33. The Kier molecular flexibility index (Phi) is 4.68. The second-order valence-corrected chi connectivity index (χ2v) is 7.19. The first-order valence-corrected chi connectivity index (χ1v) is 9.69. The van der Waals surface area contributed by atoms with Crippen molar-refractivity contribution >= 4 is 34.3 Å². The molecule has 2 aromatic heterocycles. The van der Waals surface area contributed by atoms with Crippen LogP contribution in [0.15, 0.2) is 76.4 Å². The molecule has 5 rings (SSSR count). The Bertz CT molecular complexity index is 1220. The molecule has 0 radical (unpaired) electrons. The predicted molar refractivity (Wildman–Crippen MR) is 110 cm³/mol. The molecule has 0 bridgehead atoms. The number of halogens is 1. The molecule has 0 fully saturated rings. The quantitative estimate of drug-likeness (QED) is 0.492. The Morgan fingerprint density at radius 2 is 1.97 bits per heavy atom. The summed E-state index contributed by atoms with van der Waals surface area (Å²) in [6.45, 7) is -0.248. The average molecular weight is 422 g/mol. The summed E-state index contributed by atoms with van der Waals surface area (Å²) in [6, 6.07) is 18.0. The number of hydrogen-bond acceptors (Lipinski definition) is 6. The molecule has 1 atom stereocenters. The van der Waals surface area contributed by atoms with Gasteiger partial charge in [-0.05, 0) is 47.2 Å². The number of para-hydroxylation sites is 1. The van der Waals surface area contributed by atoms with Crippen molar-refractivity contribution in [1.82, 2.24) is 20.2 Å². The number of hydrazone groups is 1. The zero-order valence-electron chi connectivity index (χ0n) is 15.7. The van der Waals surface area contributed by atoms with Gasteiger partial charge in [-0.2, -0.15) is 5.10 Å². The van der Waals surface area contributed by atoms with E-state index in [1.54, 1.807) is 24.5 Å². The van der Waals surface area contributed by atoms with Crippen LogP contribution < -0.4 is 4.84 Å². The molecule has 0 spiro atoms. The molecule has 8 nitrogen and oxygen atoms in total. The van der Waals surface area contributed by atoms with E-state index in [1.807, 2.05) is 42.5 Å². The third-order valence-corrected chi connectivity index (χ3v) is 5.10. The lowest BCUT2D eigenvalue weighted by Gasteiger charge is -2.19. The van der Waals surface area contributed by atoms with E-state index >= 15 is 0 Å². The van der Waals surface area contributed by atoms with Crippen LogP contribution in [0.1, 0.15) is 23.8 Å². The third-order valence-electron chi connectivity index (χ3n) is 4.85. The van der Waals surface area contributed by atoms with E-state index in [0.29, 0.717) is 28.2 Å². The van der Waals surface area contributed by atoms with E-state index in [4.69, 9.17) is 20.9 Å². The van der Waals surface area contributed by atoms with Crippen LogP contribution in [-0.2, 0) is 4.79 Å². The van der Waals surface area contributed by atoms with Gasteiger partial charge in [-0.1, -0.05) is 40.7 Å². The molecule has 0 saturated carbocycles. The van der Waals surface area contributed by atoms with Crippen molar-refractivity contribution in [3.63, 3.8) is 0 Å². The number of furan rings is 1. The van der Waals surface area contributed by atoms with Crippen molar-refractivity contribution in [3.8, 4) is 0 Å². The van der Waals surface area contributed by atoms with Crippen molar-refractivity contribution in [2.75, 3.05) is 6.61 Å². The van der Waals surface area contributed by atoms with E-state index in [-0.39, 0.29) is 18.6 Å². The number of rotatable bonds is 5. The first-order chi connectivity index (χ1) is 14.7. The standard InChI is InChI=1S/C21H16ClN5O3/c22-15-9-7-14(8-10-15)17-12-19(20-6-3-11-29-20)26(24-17)21(28)13-30-27-18-5-2-1-4-16(18)23-25-27/h1-11,19H,12-13H2. The van der Waals surface area contributed by atoms with Gasteiger partial charge >= 0.3 is 0 Å². The van der Waals surface area contributed by atoms with Crippen molar-refractivity contribution in [1.29, 1.82) is 0 Å². The number of amides is 1. The summed E-state index contributed by atoms with van der Waals surface area (Å²) in [5, 5.41) is 14.6. The van der Waals surface area contributed by atoms with Crippen molar-refractivity contribution < 1.29 is 14.0 Å². The van der Waals surface area contributed by atoms with Gasteiger partial charge in [0.1, 0.15) is 22.8 Å². The molecule has 0 saturated heterocycles. The highest BCUT2D eigenvalue weighted by Gasteiger charge is 2.35. The normalized spacial score (nSPS) is 16.1. The van der Waals surface area contributed by atoms with Gasteiger partial charge in [0.2, 0.25) is 0 Å². The number of benzene rings is 2. The Morgan fingerprint density at radius 1 is 1.13 bits per heavy atom. The van der Waals surface area contributed by atoms with Crippen LogP contribution >= 0.6 is 11.6 Å². The van der Waals surface area contributed by atoms with Gasteiger partial charge in [0, 0.05) is 11.4 Å². The van der Waals surface area contributed by atoms with E-state index in [2.05, 4.69) is 15.4 Å². The number of aromatic nitrogens is 3. The monoisotopic (exact) mass is 421 g/mol. The summed E-state index contributed by atoms with van der Waals surface area (Å²) >= 11 is 5.99. The maximum atomic E-state index is 13.0. The van der Waals surface area contributed by atoms with E-state index < -0.39 is 0 Å². The highest BCUT2D eigenvalue weighted by Crippen LogP contribution is 2.33. The zero-order valence-corrected chi connectivity index (χ0v) is 16.4. The highest BCUT2D eigenvalue weighted by molar-refractivity contribution is 6.30. The van der Waals surface area contributed by atoms with Crippen molar-refractivity contribution in [2.24, 2.45) is 5.10 Å². The number of nitrogens with zero attached hydrogens (tertiary/aromatic N) is 5. The van der Waals surface area contributed by atoms with Gasteiger partial charge in [-0.25, -0.2) is 5.01 Å². The summed E-state index contributed by atoms with van der Waals surface area (Å²) in [5.41, 5.74) is 3.03. The Balaban J connectivity index is 1.38. The van der Waals surface area contributed by atoms with Crippen LogP contribution in [0.4, 0.5) is 0 Å². The molecule has 1 aliphatic heterocycles. The molecule has 0 aliphatic carbocycles. The molecule has 1 amide bonds. The Labute approximate surface area is 176 Å². The summed E-state index contributed by atoms with van der Waals surface area (Å²) in [5.74, 6) is 0.335. The molecule has 1 unspecified atom stereocenters. The summed E-state index contributed by atoms with van der Waals surface area (Å²) in [7, 11) is 0. The van der Waals surface area contributed by atoms with E-state index in [0.717, 1.165) is 11.3 Å². The van der Waals surface area contributed by atoms with Gasteiger partial charge < -0.3 is 9.25 Å². The maximum absolute atomic E-state index is 13.0. The molecule has 9 heteroatoms. The zero-order chi connectivity index (χ0) is 20.5. The second-order valence-electron chi connectivity index (χ2n) is 6.75. The molecule has 1 aliphatic rings. The summed E-state index contributed by atoms with van der Waals surface area (Å²) < 4.78 is 5.55. The fraction of sp³-hybridized carbons (Fsp3) is 0.143. The van der Waals surface area contributed by atoms with Gasteiger partial charge in [0.05, 0.1) is 12.0 Å². The molecule has 0 N–H and O–H groups in total. The van der Waals surface area contributed by atoms with Gasteiger partial charge in [0.25, 0.3) is 5.91 Å².